The van der Waals surface area contributed by atoms with Gasteiger partial charge in [0.05, 0.1) is 12.3 Å². The standard InChI is InChI=1S/C13H20BrN3O2/c1-3-5-17-6-7-19-10(8-17)12-15-9(4-2)11(14)13(18)16-12/h10H,3-8H2,1-2H3,(H,15,16,18). The van der Waals surface area contributed by atoms with Gasteiger partial charge in [-0.1, -0.05) is 13.8 Å². The summed E-state index contributed by atoms with van der Waals surface area (Å²) in [6, 6.07) is 0. The summed E-state index contributed by atoms with van der Waals surface area (Å²) in [5.74, 6) is 0.644. The van der Waals surface area contributed by atoms with Crippen LogP contribution in [0.5, 0.6) is 0 Å². The van der Waals surface area contributed by atoms with E-state index >= 15 is 0 Å². The van der Waals surface area contributed by atoms with E-state index in [4.69, 9.17) is 4.74 Å². The monoisotopic (exact) mass is 329 g/mol. The summed E-state index contributed by atoms with van der Waals surface area (Å²) in [5.41, 5.74) is 0.660. The third-order valence-electron chi connectivity index (χ3n) is 3.28. The van der Waals surface area contributed by atoms with Crippen LogP contribution in [0.2, 0.25) is 0 Å². The maximum atomic E-state index is 11.9. The molecule has 1 aromatic rings. The summed E-state index contributed by atoms with van der Waals surface area (Å²) in [6.45, 7) is 7.64. The number of aryl methyl sites for hydroxylation is 1. The van der Waals surface area contributed by atoms with Crippen LogP contribution in [0.3, 0.4) is 0 Å². The van der Waals surface area contributed by atoms with E-state index in [1.807, 2.05) is 6.92 Å². The highest BCUT2D eigenvalue weighted by atomic mass is 79.9. The SMILES string of the molecule is CCCN1CCOC(c2nc(CC)c(Br)c(=O)[nH]2)C1. The van der Waals surface area contributed by atoms with Crippen molar-refractivity contribution in [3.8, 4) is 0 Å². The van der Waals surface area contributed by atoms with Crippen molar-refractivity contribution in [1.29, 1.82) is 0 Å². The Morgan fingerprint density at radius 1 is 1.53 bits per heavy atom. The Kier molecular flexibility index (Phi) is 5.13. The zero-order chi connectivity index (χ0) is 13.8. The van der Waals surface area contributed by atoms with Crippen LogP contribution in [0.1, 0.15) is 37.9 Å². The fraction of sp³-hybridized carbons (Fsp3) is 0.692. The van der Waals surface area contributed by atoms with Crippen LogP contribution in [-0.4, -0.2) is 41.1 Å². The molecule has 0 saturated carbocycles. The van der Waals surface area contributed by atoms with Gasteiger partial charge in [-0.05, 0) is 35.3 Å². The maximum Gasteiger partial charge on any atom is 0.265 e. The van der Waals surface area contributed by atoms with Crippen molar-refractivity contribution in [3.63, 3.8) is 0 Å². The predicted octanol–water partition coefficient (Wildman–Crippen LogP) is 1.88. The zero-order valence-electron chi connectivity index (χ0n) is 11.4. The molecule has 1 unspecified atom stereocenters. The Balaban J connectivity index is 2.21. The molecule has 0 radical (unpaired) electrons. The molecular formula is C13H20BrN3O2. The summed E-state index contributed by atoms with van der Waals surface area (Å²) in [5, 5.41) is 0. The number of aromatic amines is 1. The number of halogens is 1. The van der Waals surface area contributed by atoms with E-state index in [-0.39, 0.29) is 11.7 Å². The Bertz CT molecular complexity index is 487. The Hall–Kier alpha value is -0.720. The molecule has 1 aromatic heterocycles. The molecule has 106 valence electrons. The Labute approximate surface area is 121 Å². The number of hydrogen-bond acceptors (Lipinski definition) is 4. The number of H-pyrrole nitrogens is 1. The van der Waals surface area contributed by atoms with Crippen molar-refractivity contribution < 1.29 is 4.74 Å². The van der Waals surface area contributed by atoms with Gasteiger partial charge in [0.2, 0.25) is 0 Å². The van der Waals surface area contributed by atoms with Gasteiger partial charge in [0, 0.05) is 13.1 Å². The summed E-state index contributed by atoms with van der Waals surface area (Å²) < 4.78 is 6.27. The molecule has 1 atom stereocenters. The first-order valence-electron chi connectivity index (χ1n) is 6.78. The molecule has 2 heterocycles. The molecule has 6 heteroatoms. The lowest BCUT2D eigenvalue weighted by molar-refractivity contribution is -0.0344. The molecule has 5 nitrogen and oxygen atoms in total. The van der Waals surface area contributed by atoms with Crippen molar-refractivity contribution >= 4 is 15.9 Å². The molecule has 1 saturated heterocycles. The molecule has 1 aliphatic rings. The largest absolute Gasteiger partial charge is 0.368 e. The number of nitrogens with one attached hydrogen (secondary N) is 1. The minimum atomic E-state index is -0.133. The van der Waals surface area contributed by atoms with Gasteiger partial charge in [-0.3, -0.25) is 9.69 Å². The summed E-state index contributed by atoms with van der Waals surface area (Å²) in [7, 11) is 0. The van der Waals surface area contributed by atoms with Gasteiger partial charge in [0.25, 0.3) is 5.56 Å². The smallest absolute Gasteiger partial charge is 0.265 e. The molecular weight excluding hydrogens is 310 g/mol. The van der Waals surface area contributed by atoms with Gasteiger partial charge >= 0.3 is 0 Å². The molecule has 19 heavy (non-hydrogen) atoms. The molecule has 1 N–H and O–H groups in total. The van der Waals surface area contributed by atoms with Gasteiger partial charge in [-0.2, -0.15) is 0 Å². The quantitative estimate of drug-likeness (QED) is 0.916. The Morgan fingerprint density at radius 3 is 3.00 bits per heavy atom. The average molecular weight is 330 g/mol. The van der Waals surface area contributed by atoms with E-state index in [1.165, 1.54) is 0 Å². The highest BCUT2D eigenvalue weighted by molar-refractivity contribution is 9.10. The minimum Gasteiger partial charge on any atom is -0.368 e. The third-order valence-corrected chi connectivity index (χ3v) is 4.10. The minimum absolute atomic E-state index is 0.127. The van der Waals surface area contributed by atoms with Gasteiger partial charge in [0.1, 0.15) is 16.4 Å². The van der Waals surface area contributed by atoms with Crippen molar-refractivity contribution in [2.45, 2.75) is 32.8 Å². The average Bonchev–Trinajstić information content (AvgIpc) is 2.42. The first kappa shape index (κ1) is 14.7. The van der Waals surface area contributed by atoms with Gasteiger partial charge in [-0.15, -0.1) is 0 Å². The van der Waals surface area contributed by atoms with Crippen LogP contribution in [0, 0.1) is 0 Å². The van der Waals surface area contributed by atoms with E-state index in [0.29, 0.717) is 16.9 Å². The molecule has 0 amide bonds. The Morgan fingerprint density at radius 2 is 2.32 bits per heavy atom. The lowest BCUT2D eigenvalue weighted by atomic mass is 10.2. The van der Waals surface area contributed by atoms with Gasteiger partial charge < -0.3 is 9.72 Å². The van der Waals surface area contributed by atoms with Crippen LogP contribution in [0.25, 0.3) is 0 Å². The fourth-order valence-corrected chi connectivity index (χ4v) is 2.77. The molecule has 2 rings (SSSR count). The van der Waals surface area contributed by atoms with E-state index in [1.54, 1.807) is 0 Å². The molecule has 0 bridgehead atoms. The lowest BCUT2D eigenvalue weighted by Gasteiger charge is -2.32. The summed E-state index contributed by atoms with van der Waals surface area (Å²) >= 11 is 3.28. The number of ether oxygens (including phenoxy) is 1. The third kappa shape index (κ3) is 3.43. The van der Waals surface area contributed by atoms with Crippen LogP contribution < -0.4 is 5.56 Å². The highest BCUT2D eigenvalue weighted by Crippen LogP contribution is 2.20. The van der Waals surface area contributed by atoms with Crippen molar-refractivity contribution in [2.24, 2.45) is 0 Å². The highest BCUT2D eigenvalue weighted by Gasteiger charge is 2.24. The number of aromatic nitrogens is 2. The van der Waals surface area contributed by atoms with Crippen LogP contribution in [0.15, 0.2) is 9.27 Å². The van der Waals surface area contributed by atoms with E-state index in [2.05, 4.69) is 37.7 Å². The van der Waals surface area contributed by atoms with Crippen LogP contribution in [0.4, 0.5) is 0 Å². The number of rotatable bonds is 4. The second-order valence-electron chi connectivity index (χ2n) is 4.73. The fourth-order valence-electron chi connectivity index (χ4n) is 2.30. The number of hydrogen-bond donors (Lipinski definition) is 1. The van der Waals surface area contributed by atoms with Crippen molar-refractivity contribution in [1.82, 2.24) is 14.9 Å². The van der Waals surface area contributed by atoms with Gasteiger partial charge in [0.15, 0.2) is 0 Å². The normalized spacial score (nSPS) is 20.7. The summed E-state index contributed by atoms with van der Waals surface area (Å²) in [4.78, 5) is 21.5. The van der Waals surface area contributed by atoms with E-state index < -0.39 is 0 Å². The van der Waals surface area contributed by atoms with Crippen molar-refractivity contribution in [2.75, 3.05) is 26.2 Å². The second-order valence-corrected chi connectivity index (χ2v) is 5.52. The topological polar surface area (TPSA) is 58.2 Å². The van der Waals surface area contributed by atoms with Crippen LogP contribution in [-0.2, 0) is 11.2 Å². The van der Waals surface area contributed by atoms with Crippen LogP contribution >= 0.6 is 15.9 Å². The molecule has 1 fully saturated rings. The van der Waals surface area contributed by atoms with Gasteiger partial charge in [-0.25, -0.2) is 4.98 Å². The second kappa shape index (κ2) is 6.63. The number of nitrogens with zero attached hydrogens (tertiary/aromatic N) is 2. The molecule has 0 spiro atoms. The van der Waals surface area contributed by atoms with E-state index in [9.17, 15) is 4.79 Å². The first-order chi connectivity index (χ1) is 9.15. The molecule has 0 aliphatic carbocycles. The van der Waals surface area contributed by atoms with Crippen molar-refractivity contribution in [3.05, 3.63) is 26.3 Å². The maximum absolute atomic E-state index is 11.9. The molecule has 0 aromatic carbocycles. The van der Waals surface area contributed by atoms with E-state index in [0.717, 1.165) is 38.2 Å². The zero-order valence-corrected chi connectivity index (χ0v) is 13.0. The predicted molar refractivity (Wildman–Crippen MR) is 77.4 cm³/mol. The number of morpholine rings is 1. The first-order valence-corrected chi connectivity index (χ1v) is 7.57. The summed E-state index contributed by atoms with van der Waals surface area (Å²) in [6.07, 6.45) is 1.71. The molecule has 1 aliphatic heterocycles. The lowest BCUT2D eigenvalue weighted by Crippen LogP contribution is -2.39.